The van der Waals surface area contributed by atoms with Gasteiger partial charge in [0.2, 0.25) is 0 Å². The fourth-order valence-electron chi connectivity index (χ4n) is 2.57. The van der Waals surface area contributed by atoms with E-state index in [4.69, 9.17) is 4.74 Å². The second kappa shape index (κ2) is 8.62. The van der Waals surface area contributed by atoms with Gasteiger partial charge >= 0.3 is 5.97 Å². The van der Waals surface area contributed by atoms with E-state index in [1.165, 1.54) is 24.3 Å². The van der Waals surface area contributed by atoms with Crippen LogP contribution in [0.25, 0.3) is 6.08 Å². The Hall–Kier alpha value is -3.26. The van der Waals surface area contributed by atoms with E-state index in [1.807, 2.05) is 30.3 Å². The van der Waals surface area contributed by atoms with Crippen molar-refractivity contribution < 1.29 is 19.2 Å². The number of Topliss-reactive ketones (excluding diaryl/α,β-unsaturated/α-hetero) is 1. The molecule has 1 saturated heterocycles. The molecule has 0 radical (unpaired) electrons. The molecule has 1 aliphatic rings. The number of allylic oxidation sites excluding steroid dienone is 1. The van der Waals surface area contributed by atoms with Gasteiger partial charge in [-0.1, -0.05) is 42.1 Å². The Morgan fingerprint density at radius 1 is 1.21 bits per heavy atom. The predicted octanol–water partition coefficient (Wildman–Crippen LogP) is 4.16. The molecule has 0 aliphatic carbocycles. The maximum atomic E-state index is 12.8. The van der Waals surface area contributed by atoms with Crippen LogP contribution in [0.1, 0.15) is 12.5 Å². The first kappa shape index (κ1) is 19.5. The number of nitrogens with zero attached hydrogens (tertiary/aromatic N) is 2. The molecule has 1 heterocycles. The number of carbonyl (C=O) groups is 2. The number of non-ortho nitro benzene ring substituents is 1. The number of ether oxygens (including phenoxy) is 1. The summed E-state index contributed by atoms with van der Waals surface area (Å²) in [4.78, 5) is 40.2. The van der Waals surface area contributed by atoms with Gasteiger partial charge in [-0.3, -0.25) is 19.7 Å². The highest BCUT2D eigenvalue weighted by atomic mass is 32.2. The first-order valence-electron chi connectivity index (χ1n) is 8.48. The third-order valence-electron chi connectivity index (χ3n) is 3.89. The van der Waals surface area contributed by atoms with Crippen molar-refractivity contribution in [2.24, 2.45) is 10.9 Å². The van der Waals surface area contributed by atoms with Crippen LogP contribution in [0.2, 0.25) is 0 Å². The minimum atomic E-state index is -1.13. The van der Waals surface area contributed by atoms with Crippen molar-refractivity contribution >= 4 is 46.0 Å². The van der Waals surface area contributed by atoms with E-state index in [9.17, 15) is 19.7 Å². The summed E-state index contributed by atoms with van der Waals surface area (Å²) in [5.74, 6) is -2.15. The Labute approximate surface area is 165 Å². The zero-order valence-corrected chi connectivity index (χ0v) is 15.7. The van der Waals surface area contributed by atoms with Crippen molar-refractivity contribution in [3.8, 4) is 0 Å². The molecule has 142 valence electrons. The van der Waals surface area contributed by atoms with Gasteiger partial charge in [0.05, 0.1) is 22.1 Å². The summed E-state index contributed by atoms with van der Waals surface area (Å²) >= 11 is 1.11. The predicted molar refractivity (Wildman–Crippen MR) is 107 cm³/mol. The molecule has 0 aromatic heterocycles. The molecule has 7 nitrogen and oxygen atoms in total. The zero-order chi connectivity index (χ0) is 20.1. The van der Waals surface area contributed by atoms with Gasteiger partial charge in [0.1, 0.15) is 5.04 Å². The lowest BCUT2D eigenvalue weighted by molar-refractivity contribution is -0.384. The molecule has 0 spiro atoms. The molecule has 28 heavy (non-hydrogen) atoms. The topological polar surface area (TPSA) is 98.9 Å². The van der Waals surface area contributed by atoms with E-state index in [2.05, 4.69) is 4.99 Å². The molecule has 1 unspecified atom stereocenters. The van der Waals surface area contributed by atoms with E-state index >= 15 is 0 Å². The Morgan fingerprint density at radius 3 is 2.50 bits per heavy atom. The van der Waals surface area contributed by atoms with Crippen molar-refractivity contribution in [1.29, 1.82) is 0 Å². The van der Waals surface area contributed by atoms with Gasteiger partial charge in [0.25, 0.3) is 5.69 Å². The van der Waals surface area contributed by atoms with Crippen LogP contribution in [0.4, 0.5) is 11.4 Å². The number of hydrogen-bond acceptors (Lipinski definition) is 7. The summed E-state index contributed by atoms with van der Waals surface area (Å²) in [6.07, 6.45) is 1.71. The van der Waals surface area contributed by atoms with Crippen LogP contribution in [0.15, 0.2) is 64.5 Å². The van der Waals surface area contributed by atoms with Crippen LogP contribution >= 0.6 is 11.8 Å². The Morgan fingerprint density at radius 2 is 1.89 bits per heavy atom. The summed E-state index contributed by atoms with van der Waals surface area (Å²) in [5.41, 5.74) is 1.18. The van der Waals surface area contributed by atoms with Crippen molar-refractivity contribution in [2.45, 2.75) is 6.92 Å². The maximum absolute atomic E-state index is 12.8. The van der Waals surface area contributed by atoms with Crippen molar-refractivity contribution in [3.05, 3.63) is 75.2 Å². The summed E-state index contributed by atoms with van der Waals surface area (Å²) in [6, 6.07) is 14.9. The molecule has 0 bridgehead atoms. The van der Waals surface area contributed by atoms with E-state index in [-0.39, 0.29) is 18.1 Å². The molecule has 1 atom stereocenters. The average molecular weight is 396 g/mol. The van der Waals surface area contributed by atoms with Crippen LogP contribution in [0.3, 0.4) is 0 Å². The molecule has 0 saturated carbocycles. The highest BCUT2D eigenvalue weighted by Crippen LogP contribution is 2.38. The molecule has 8 heteroatoms. The lowest BCUT2D eigenvalue weighted by Gasteiger charge is -2.07. The van der Waals surface area contributed by atoms with E-state index in [0.717, 1.165) is 17.3 Å². The number of nitro benzene ring substituents is 1. The molecule has 0 N–H and O–H groups in total. The molecule has 1 aliphatic heterocycles. The Kier molecular flexibility index (Phi) is 6.00. The van der Waals surface area contributed by atoms with Gasteiger partial charge in [-0.2, -0.15) is 0 Å². The summed E-state index contributed by atoms with van der Waals surface area (Å²) < 4.78 is 5.04. The summed E-state index contributed by atoms with van der Waals surface area (Å²) in [5, 5.41) is 11.1. The second-order valence-corrected chi connectivity index (χ2v) is 6.86. The van der Waals surface area contributed by atoms with Crippen LogP contribution in [-0.4, -0.2) is 28.3 Å². The lowest BCUT2D eigenvalue weighted by Crippen LogP contribution is -2.27. The zero-order valence-electron chi connectivity index (χ0n) is 14.9. The summed E-state index contributed by atoms with van der Waals surface area (Å²) in [7, 11) is 0. The van der Waals surface area contributed by atoms with Gasteiger partial charge in [-0.05, 0) is 30.7 Å². The minimum Gasteiger partial charge on any atom is -0.465 e. The third-order valence-corrected chi connectivity index (χ3v) is 4.96. The van der Waals surface area contributed by atoms with E-state index in [1.54, 1.807) is 13.0 Å². The average Bonchev–Trinajstić information content (AvgIpc) is 2.98. The van der Waals surface area contributed by atoms with E-state index in [0.29, 0.717) is 15.6 Å². The summed E-state index contributed by atoms with van der Waals surface area (Å²) in [6.45, 7) is 1.81. The van der Waals surface area contributed by atoms with Crippen LogP contribution < -0.4 is 0 Å². The number of esters is 1. The van der Waals surface area contributed by atoms with Gasteiger partial charge in [0, 0.05) is 12.1 Å². The number of ketones is 1. The lowest BCUT2D eigenvalue weighted by atomic mass is 10.0. The van der Waals surface area contributed by atoms with Crippen LogP contribution in [-0.2, 0) is 14.3 Å². The number of carbonyl (C=O) groups excluding carboxylic acids is 2. The van der Waals surface area contributed by atoms with Gasteiger partial charge in [-0.25, -0.2) is 4.99 Å². The smallest absolute Gasteiger partial charge is 0.323 e. The highest BCUT2D eigenvalue weighted by Gasteiger charge is 2.42. The maximum Gasteiger partial charge on any atom is 0.323 e. The number of nitro groups is 1. The standard InChI is InChI=1S/C20H16N2O5S/c1-2-27-20(24)17-18(23)16(12-13-6-4-3-5-7-13)28-19(17)21-14-8-10-15(11-9-14)22(25)26/h3-12,17H,2H2,1H3. The Bertz CT molecular complexity index is 968. The molecular formula is C20H16N2O5S. The highest BCUT2D eigenvalue weighted by molar-refractivity contribution is 8.19. The number of aliphatic imine (C=N–C) groups is 1. The molecule has 2 aromatic rings. The number of hydrogen-bond donors (Lipinski definition) is 0. The number of benzene rings is 2. The fraction of sp³-hybridized carbons (Fsp3) is 0.150. The molecular weight excluding hydrogens is 380 g/mol. The van der Waals surface area contributed by atoms with E-state index < -0.39 is 16.8 Å². The first-order valence-corrected chi connectivity index (χ1v) is 9.29. The third kappa shape index (κ3) is 4.34. The monoisotopic (exact) mass is 396 g/mol. The number of thioether (sulfide) groups is 1. The van der Waals surface area contributed by atoms with Crippen LogP contribution in [0.5, 0.6) is 0 Å². The van der Waals surface area contributed by atoms with Crippen molar-refractivity contribution in [3.63, 3.8) is 0 Å². The first-order chi connectivity index (χ1) is 13.5. The second-order valence-electron chi connectivity index (χ2n) is 5.79. The fourth-order valence-corrected chi connectivity index (χ4v) is 3.69. The normalized spacial score (nSPS) is 19.2. The minimum absolute atomic E-state index is 0.0642. The largest absolute Gasteiger partial charge is 0.465 e. The van der Waals surface area contributed by atoms with Crippen LogP contribution in [0, 0.1) is 16.0 Å². The molecule has 1 fully saturated rings. The van der Waals surface area contributed by atoms with Crippen molar-refractivity contribution in [2.75, 3.05) is 6.61 Å². The molecule has 0 amide bonds. The quantitative estimate of drug-likeness (QED) is 0.247. The number of rotatable bonds is 5. The molecule has 2 aromatic carbocycles. The molecule has 3 rings (SSSR count). The van der Waals surface area contributed by atoms with Crippen molar-refractivity contribution in [1.82, 2.24) is 0 Å². The van der Waals surface area contributed by atoms with Gasteiger partial charge in [0.15, 0.2) is 11.7 Å². The SMILES string of the molecule is CCOC(=O)C1C(=O)C(=Cc2ccccc2)SC1=Nc1ccc([N+](=O)[O-])cc1. The van der Waals surface area contributed by atoms with Gasteiger partial charge in [-0.15, -0.1) is 0 Å². The Balaban J connectivity index is 1.96. The van der Waals surface area contributed by atoms with Gasteiger partial charge < -0.3 is 4.74 Å².